The van der Waals surface area contributed by atoms with E-state index in [4.69, 9.17) is 0 Å². The molecule has 29 heavy (non-hydrogen) atoms. The molecule has 0 amide bonds. The summed E-state index contributed by atoms with van der Waals surface area (Å²) in [6.07, 6.45) is 5.57. The molecule has 0 saturated heterocycles. The summed E-state index contributed by atoms with van der Waals surface area (Å²) in [5.74, 6) is -2.41. The Balaban J connectivity index is 1.69. The Morgan fingerprint density at radius 2 is 1.52 bits per heavy atom. The van der Waals surface area contributed by atoms with E-state index in [2.05, 4.69) is 20.6 Å². The number of nitrogens with one attached hydrogen (secondary N) is 2. The van der Waals surface area contributed by atoms with Crippen LogP contribution in [0.3, 0.4) is 0 Å². The van der Waals surface area contributed by atoms with Crippen molar-refractivity contribution in [2.24, 2.45) is 0 Å². The minimum atomic E-state index is -1.02. The molecule has 150 valence electrons. The predicted molar refractivity (Wildman–Crippen MR) is 108 cm³/mol. The Labute approximate surface area is 167 Å². The first-order valence-corrected chi connectivity index (χ1v) is 9.71. The van der Waals surface area contributed by atoms with E-state index in [0.29, 0.717) is 23.8 Å². The molecule has 0 bridgehead atoms. The monoisotopic (exact) mass is 398 g/mol. The lowest BCUT2D eigenvalue weighted by Gasteiger charge is -2.23. The second kappa shape index (κ2) is 8.51. The molecule has 2 N–H and O–H groups in total. The second-order valence-electron chi connectivity index (χ2n) is 7.18. The molecule has 1 saturated carbocycles. The highest BCUT2D eigenvalue weighted by atomic mass is 19.1. The maximum absolute atomic E-state index is 14.1. The lowest BCUT2D eigenvalue weighted by Crippen LogP contribution is -2.23. The predicted octanol–water partition coefficient (Wildman–Crippen LogP) is 6.05. The zero-order chi connectivity index (χ0) is 20.2. The van der Waals surface area contributed by atoms with Gasteiger partial charge in [-0.25, -0.2) is 18.2 Å². The van der Waals surface area contributed by atoms with Crippen molar-refractivity contribution in [3.05, 3.63) is 66.0 Å². The van der Waals surface area contributed by atoms with Crippen LogP contribution >= 0.6 is 0 Å². The lowest BCUT2D eigenvalue weighted by atomic mass is 9.96. The molecule has 3 aromatic rings. The lowest BCUT2D eigenvalue weighted by molar-refractivity contribution is 0.461. The number of hydrogen-bond acceptors (Lipinski definition) is 4. The van der Waals surface area contributed by atoms with Crippen LogP contribution in [0.25, 0.3) is 11.3 Å². The summed E-state index contributed by atoms with van der Waals surface area (Å²) >= 11 is 0. The zero-order valence-corrected chi connectivity index (χ0v) is 15.8. The first-order chi connectivity index (χ1) is 14.1. The van der Waals surface area contributed by atoms with Crippen molar-refractivity contribution < 1.29 is 13.2 Å². The van der Waals surface area contributed by atoms with Crippen LogP contribution in [0.5, 0.6) is 0 Å². The minimum absolute atomic E-state index is 0.224. The first-order valence-electron chi connectivity index (χ1n) is 9.71. The quantitative estimate of drug-likeness (QED) is 0.549. The molecule has 2 aromatic carbocycles. The van der Waals surface area contributed by atoms with E-state index in [1.165, 1.54) is 6.42 Å². The van der Waals surface area contributed by atoms with Crippen molar-refractivity contribution >= 4 is 17.5 Å². The molecule has 1 aromatic heterocycles. The van der Waals surface area contributed by atoms with Crippen LogP contribution in [0, 0.1) is 17.5 Å². The summed E-state index contributed by atoms with van der Waals surface area (Å²) < 4.78 is 41.4. The van der Waals surface area contributed by atoms with Gasteiger partial charge in [0.2, 0.25) is 5.95 Å². The molecule has 1 heterocycles. The molecule has 4 nitrogen and oxygen atoms in total. The molecule has 0 aliphatic heterocycles. The summed E-state index contributed by atoms with van der Waals surface area (Å²) in [4.78, 5) is 8.98. The topological polar surface area (TPSA) is 49.8 Å². The van der Waals surface area contributed by atoms with Crippen LogP contribution in [0.15, 0.2) is 48.5 Å². The number of hydrogen-bond donors (Lipinski definition) is 2. The summed E-state index contributed by atoms with van der Waals surface area (Å²) in [5.41, 5.74) is 1.02. The van der Waals surface area contributed by atoms with Gasteiger partial charge in [0.25, 0.3) is 0 Å². The fourth-order valence-corrected chi connectivity index (χ4v) is 3.55. The highest BCUT2D eigenvalue weighted by Gasteiger charge is 2.17. The number of anilines is 3. The Bertz CT molecular complexity index is 966. The smallest absolute Gasteiger partial charge is 0.225 e. The van der Waals surface area contributed by atoms with Crippen molar-refractivity contribution in [2.45, 2.75) is 38.1 Å². The molecule has 1 aliphatic carbocycles. The SMILES string of the molecule is Fc1cc(F)c(Nc2cc(-c3ccccc3)nc(NC3CCCCC3)n2)c(F)c1. The summed E-state index contributed by atoms with van der Waals surface area (Å²) in [7, 11) is 0. The van der Waals surface area contributed by atoms with Crippen molar-refractivity contribution in [2.75, 3.05) is 10.6 Å². The Morgan fingerprint density at radius 3 is 2.21 bits per heavy atom. The summed E-state index contributed by atoms with van der Waals surface area (Å²) in [6, 6.07) is 12.6. The van der Waals surface area contributed by atoms with Crippen molar-refractivity contribution in [3.63, 3.8) is 0 Å². The number of benzene rings is 2. The molecule has 1 fully saturated rings. The second-order valence-corrected chi connectivity index (χ2v) is 7.18. The maximum Gasteiger partial charge on any atom is 0.225 e. The van der Waals surface area contributed by atoms with Gasteiger partial charge in [0.05, 0.1) is 5.69 Å². The van der Waals surface area contributed by atoms with Gasteiger partial charge in [0.15, 0.2) is 11.6 Å². The standard InChI is InChI=1S/C22H21F3N4/c23-15-11-17(24)21(18(25)12-15)28-20-13-19(14-7-3-1-4-8-14)27-22(29-20)26-16-9-5-2-6-10-16/h1,3-4,7-8,11-13,16H,2,5-6,9-10H2,(H2,26,27,28,29). The number of aromatic nitrogens is 2. The van der Waals surface area contributed by atoms with E-state index >= 15 is 0 Å². The van der Waals surface area contributed by atoms with Gasteiger partial charge >= 0.3 is 0 Å². The molecular formula is C22H21F3N4. The van der Waals surface area contributed by atoms with Crippen LogP contribution < -0.4 is 10.6 Å². The average molecular weight is 398 g/mol. The van der Waals surface area contributed by atoms with Crippen LogP contribution in [-0.4, -0.2) is 16.0 Å². The van der Waals surface area contributed by atoms with Crippen molar-refractivity contribution in [1.82, 2.24) is 9.97 Å². The molecule has 0 atom stereocenters. The Kier molecular flexibility index (Phi) is 5.64. The van der Waals surface area contributed by atoms with Gasteiger partial charge in [-0.2, -0.15) is 4.98 Å². The molecule has 0 unspecified atom stereocenters. The number of nitrogens with zero attached hydrogens (tertiary/aromatic N) is 2. The van der Waals surface area contributed by atoms with Crippen molar-refractivity contribution in [3.8, 4) is 11.3 Å². The van der Waals surface area contributed by atoms with Gasteiger partial charge in [-0.05, 0) is 12.8 Å². The molecule has 4 rings (SSSR count). The first kappa shape index (κ1) is 19.2. The van der Waals surface area contributed by atoms with E-state index in [9.17, 15) is 13.2 Å². The maximum atomic E-state index is 14.1. The third-order valence-electron chi connectivity index (χ3n) is 4.99. The van der Waals surface area contributed by atoms with E-state index in [0.717, 1.165) is 31.2 Å². The highest BCUT2D eigenvalue weighted by Crippen LogP contribution is 2.28. The van der Waals surface area contributed by atoms with Crippen LogP contribution in [-0.2, 0) is 0 Å². The third-order valence-corrected chi connectivity index (χ3v) is 4.99. The third kappa shape index (κ3) is 4.67. The van der Waals surface area contributed by atoms with E-state index in [-0.39, 0.29) is 11.9 Å². The van der Waals surface area contributed by atoms with E-state index < -0.39 is 23.1 Å². The zero-order valence-electron chi connectivity index (χ0n) is 15.8. The van der Waals surface area contributed by atoms with Gasteiger partial charge < -0.3 is 10.6 Å². The number of halogens is 3. The van der Waals surface area contributed by atoms with Gasteiger partial charge in [0, 0.05) is 29.8 Å². The summed E-state index contributed by atoms with van der Waals surface area (Å²) in [5, 5.41) is 5.99. The largest absolute Gasteiger partial charge is 0.351 e. The minimum Gasteiger partial charge on any atom is -0.351 e. The van der Waals surface area contributed by atoms with Crippen molar-refractivity contribution in [1.29, 1.82) is 0 Å². The van der Waals surface area contributed by atoms with E-state index in [1.807, 2.05) is 30.3 Å². The molecule has 0 spiro atoms. The van der Waals surface area contributed by atoms with E-state index in [1.54, 1.807) is 6.07 Å². The average Bonchev–Trinajstić information content (AvgIpc) is 2.72. The molecular weight excluding hydrogens is 377 g/mol. The Morgan fingerprint density at radius 1 is 0.828 bits per heavy atom. The van der Waals surface area contributed by atoms with Gasteiger partial charge in [-0.1, -0.05) is 49.6 Å². The van der Waals surface area contributed by atoms with Crippen LogP contribution in [0.4, 0.5) is 30.6 Å². The molecule has 0 radical (unpaired) electrons. The fourth-order valence-electron chi connectivity index (χ4n) is 3.55. The normalized spacial score (nSPS) is 14.6. The van der Waals surface area contributed by atoms with Gasteiger partial charge in [-0.3, -0.25) is 0 Å². The van der Waals surface area contributed by atoms with Crippen LogP contribution in [0.2, 0.25) is 0 Å². The fraction of sp³-hybridized carbons (Fsp3) is 0.273. The molecule has 1 aliphatic rings. The number of rotatable bonds is 5. The van der Waals surface area contributed by atoms with Crippen LogP contribution in [0.1, 0.15) is 32.1 Å². The molecule has 7 heteroatoms. The Hall–Kier alpha value is -3.09. The highest BCUT2D eigenvalue weighted by molar-refractivity contribution is 5.67. The van der Waals surface area contributed by atoms with Gasteiger partial charge in [-0.15, -0.1) is 0 Å². The van der Waals surface area contributed by atoms with Gasteiger partial charge in [0.1, 0.15) is 17.3 Å². The summed E-state index contributed by atoms with van der Waals surface area (Å²) in [6.45, 7) is 0.